The zero-order valence-corrected chi connectivity index (χ0v) is 15.3. The number of likely N-dealkylation sites (tertiary alicyclic amines) is 1. The van der Waals surface area contributed by atoms with Crippen LogP contribution in [0.1, 0.15) is 25.7 Å². The summed E-state index contributed by atoms with van der Waals surface area (Å²) in [5.74, 6) is 1.22. The Bertz CT molecular complexity index is 454. The van der Waals surface area contributed by atoms with Crippen LogP contribution in [0.25, 0.3) is 0 Å². The molecule has 4 aliphatic rings. The fraction of sp³-hybridized carbons (Fsp3) is 0.947. The summed E-state index contributed by atoms with van der Waals surface area (Å²) in [5.41, 5.74) is 0.124. The molecule has 4 heterocycles. The minimum atomic E-state index is 0.124. The van der Waals surface area contributed by atoms with Gasteiger partial charge in [-0.25, -0.2) is 0 Å². The summed E-state index contributed by atoms with van der Waals surface area (Å²) in [6.07, 6.45) is 4.37. The first kappa shape index (κ1) is 17.7. The molecule has 1 spiro atoms. The maximum atomic E-state index is 13.3. The molecule has 0 unspecified atom stereocenters. The van der Waals surface area contributed by atoms with E-state index in [0.717, 1.165) is 90.8 Å². The number of carbonyl (C=O) groups excluding carboxylic acids is 1. The third kappa shape index (κ3) is 3.87. The molecule has 0 N–H and O–H groups in total. The number of morpholine rings is 1. The molecule has 4 rings (SSSR count). The van der Waals surface area contributed by atoms with E-state index in [1.165, 1.54) is 0 Å². The zero-order valence-electron chi connectivity index (χ0n) is 15.3. The van der Waals surface area contributed by atoms with Crippen LogP contribution in [0.5, 0.6) is 0 Å². The van der Waals surface area contributed by atoms with Gasteiger partial charge >= 0.3 is 0 Å². The average molecular weight is 352 g/mol. The van der Waals surface area contributed by atoms with Crippen molar-refractivity contribution in [2.24, 2.45) is 17.3 Å². The minimum absolute atomic E-state index is 0.124. The molecule has 6 nitrogen and oxygen atoms in total. The first-order valence-corrected chi connectivity index (χ1v) is 10.0. The third-order valence-electron chi connectivity index (χ3n) is 6.69. The van der Waals surface area contributed by atoms with E-state index in [9.17, 15) is 4.79 Å². The van der Waals surface area contributed by atoms with Gasteiger partial charge in [-0.05, 0) is 31.6 Å². The number of hydrogen-bond acceptors (Lipinski definition) is 5. The van der Waals surface area contributed by atoms with E-state index in [0.29, 0.717) is 19.1 Å². The smallest absolute Gasteiger partial charge is 0.227 e. The monoisotopic (exact) mass is 352 g/mol. The molecule has 0 aromatic carbocycles. The van der Waals surface area contributed by atoms with Crippen LogP contribution in [0.15, 0.2) is 0 Å². The highest BCUT2D eigenvalue weighted by Crippen LogP contribution is 2.45. The first-order chi connectivity index (χ1) is 12.3. The van der Waals surface area contributed by atoms with Crippen molar-refractivity contribution in [2.75, 3.05) is 72.4 Å². The Labute approximate surface area is 150 Å². The van der Waals surface area contributed by atoms with Crippen LogP contribution in [0.3, 0.4) is 0 Å². The highest BCUT2D eigenvalue weighted by Gasteiger charge is 2.51. The van der Waals surface area contributed by atoms with Gasteiger partial charge in [-0.3, -0.25) is 4.79 Å². The summed E-state index contributed by atoms with van der Waals surface area (Å²) < 4.78 is 16.6. The van der Waals surface area contributed by atoms with Crippen molar-refractivity contribution >= 4 is 5.91 Å². The fourth-order valence-electron chi connectivity index (χ4n) is 5.13. The Hall–Kier alpha value is -0.690. The topological polar surface area (TPSA) is 51.2 Å². The number of ether oxygens (including phenoxy) is 3. The summed E-state index contributed by atoms with van der Waals surface area (Å²) in [6.45, 7) is 9.38. The van der Waals surface area contributed by atoms with Gasteiger partial charge in [0.25, 0.3) is 0 Å². The van der Waals surface area contributed by atoms with Gasteiger partial charge < -0.3 is 24.0 Å². The molecule has 0 radical (unpaired) electrons. The number of hydrogen-bond donors (Lipinski definition) is 0. The van der Waals surface area contributed by atoms with Crippen molar-refractivity contribution in [3.8, 4) is 0 Å². The maximum Gasteiger partial charge on any atom is 0.227 e. The van der Waals surface area contributed by atoms with E-state index in [1.807, 2.05) is 4.90 Å². The number of rotatable bonds is 3. The van der Waals surface area contributed by atoms with Crippen LogP contribution in [0, 0.1) is 17.3 Å². The number of nitrogens with zero attached hydrogens (tertiary/aromatic N) is 2. The Balaban J connectivity index is 1.45. The molecule has 25 heavy (non-hydrogen) atoms. The third-order valence-corrected chi connectivity index (χ3v) is 6.69. The van der Waals surface area contributed by atoms with Gasteiger partial charge in [0.1, 0.15) is 0 Å². The predicted molar refractivity (Wildman–Crippen MR) is 93.4 cm³/mol. The van der Waals surface area contributed by atoms with Crippen LogP contribution in [-0.4, -0.2) is 88.1 Å². The predicted octanol–water partition coefficient (Wildman–Crippen LogP) is 1.00. The fourth-order valence-corrected chi connectivity index (χ4v) is 5.13. The molecular weight excluding hydrogens is 320 g/mol. The standard InChI is InChI=1S/C19H32N2O4/c22-18(21-5-11-25-12-6-21)17-14-20(13-16-1-7-23-8-2-16)15-19(17)3-9-24-10-4-19/h16-17H,1-15H2/t17-/m0/s1. The van der Waals surface area contributed by atoms with E-state index in [4.69, 9.17) is 14.2 Å². The van der Waals surface area contributed by atoms with Crippen molar-refractivity contribution in [1.82, 2.24) is 9.80 Å². The molecule has 0 aliphatic carbocycles. The lowest BCUT2D eigenvalue weighted by Gasteiger charge is -2.40. The molecule has 6 heteroatoms. The lowest BCUT2D eigenvalue weighted by molar-refractivity contribution is -0.144. The van der Waals surface area contributed by atoms with Crippen LogP contribution in [0.4, 0.5) is 0 Å². The molecule has 142 valence electrons. The van der Waals surface area contributed by atoms with Gasteiger partial charge in [-0.2, -0.15) is 0 Å². The van der Waals surface area contributed by atoms with Crippen molar-refractivity contribution in [3.63, 3.8) is 0 Å². The van der Waals surface area contributed by atoms with Crippen LogP contribution < -0.4 is 0 Å². The van der Waals surface area contributed by atoms with Gasteiger partial charge in [-0.1, -0.05) is 0 Å². The summed E-state index contributed by atoms with van der Waals surface area (Å²) in [7, 11) is 0. The second kappa shape index (κ2) is 7.91. The van der Waals surface area contributed by atoms with E-state index >= 15 is 0 Å². The Kier molecular flexibility index (Phi) is 5.60. The molecule has 0 aromatic heterocycles. The molecule has 0 saturated carbocycles. The molecule has 1 atom stereocenters. The van der Waals surface area contributed by atoms with E-state index in [2.05, 4.69) is 4.90 Å². The summed E-state index contributed by atoms with van der Waals surface area (Å²) >= 11 is 0. The Morgan fingerprint density at radius 3 is 2.28 bits per heavy atom. The van der Waals surface area contributed by atoms with Gasteiger partial charge in [0, 0.05) is 64.6 Å². The molecule has 1 amide bonds. The minimum Gasteiger partial charge on any atom is -0.381 e. The largest absolute Gasteiger partial charge is 0.381 e. The Morgan fingerprint density at radius 2 is 1.56 bits per heavy atom. The Morgan fingerprint density at radius 1 is 0.920 bits per heavy atom. The molecular formula is C19H32N2O4. The highest BCUT2D eigenvalue weighted by atomic mass is 16.5. The van der Waals surface area contributed by atoms with Gasteiger partial charge in [-0.15, -0.1) is 0 Å². The van der Waals surface area contributed by atoms with Gasteiger partial charge in [0.05, 0.1) is 19.1 Å². The molecule has 0 aromatic rings. The van der Waals surface area contributed by atoms with E-state index < -0.39 is 0 Å². The lowest BCUT2D eigenvalue weighted by Crippen LogP contribution is -2.49. The first-order valence-electron chi connectivity index (χ1n) is 10.0. The van der Waals surface area contributed by atoms with Crippen LogP contribution in [0.2, 0.25) is 0 Å². The lowest BCUT2D eigenvalue weighted by atomic mass is 9.71. The van der Waals surface area contributed by atoms with Crippen LogP contribution >= 0.6 is 0 Å². The summed E-state index contributed by atoms with van der Waals surface area (Å²) in [6, 6.07) is 0. The van der Waals surface area contributed by atoms with Gasteiger partial charge in [0.2, 0.25) is 5.91 Å². The highest BCUT2D eigenvalue weighted by molar-refractivity contribution is 5.80. The van der Waals surface area contributed by atoms with E-state index in [1.54, 1.807) is 0 Å². The maximum absolute atomic E-state index is 13.3. The van der Waals surface area contributed by atoms with Crippen LogP contribution in [-0.2, 0) is 19.0 Å². The number of amides is 1. The van der Waals surface area contributed by atoms with E-state index in [-0.39, 0.29) is 11.3 Å². The van der Waals surface area contributed by atoms with Crippen molar-refractivity contribution < 1.29 is 19.0 Å². The normalized spacial score (nSPS) is 31.5. The molecule has 4 aliphatic heterocycles. The van der Waals surface area contributed by atoms with Crippen molar-refractivity contribution in [1.29, 1.82) is 0 Å². The van der Waals surface area contributed by atoms with Gasteiger partial charge in [0.15, 0.2) is 0 Å². The summed E-state index contributed by atoms with van der Waals surface area (Å²) in [4.78, 5) is 17.9. The molecule has 0 bridgehead atoms. The average Bonchev–Trinajstić information content (AvgIpc) is 3.00. The van der Waals surface area contributed by atoms with Crippen molar-refractivity contribution in [3.05, 3.63) is 0 Å². The quantitative estimate of drug-likeness (QED) is 0.759. The SMILES string of the molecule is O=C([C@@H]1CN(CC2CCOCC2)CC12CCOCC2)N1CCOCC1. The van der Waals surface area contributed by atoms with Crippen molar-refractivity contribution in [2.45, 2.75) is 25.7 Å². The number of carbonyl (C=O) groups is 1. The second-order valence-corrected chi connectivity index (χ2v) is 8.21. The molecule has 4 saturated heterocycles. The molecule has 4 fully saturated rings. The summed E-state index contributed by atoms with van der Waals surface area (Å²) in [5, 5.41) is 0. The zero-order chi connectivity index (χ0) is 17.1. The second-order valence-electron chi connectivity index (χ2n) is 8.21.